The van der Waals surface area contributed by atoms with E-state index in [4.69, 9.17) is 15.6 Å². The fourth-order valence-electron chi connectivity index (χ4n) is 0.752. The first kappa shape index (κ1) is 9.40. The number of aliphatic carboxylic acids is 1. The number of rotatable bonds is 3. The predicted octanol–water partition coefficient (Wildman–Crippen LogP) is -0.430. The third kappa shape index (κ3) is 2.12. The highest BCUT2D eigenvalue weighted by Gasteiger charge is 2.16. The number of nitrogens with zero attached hydrogens (tertiary/aromatic N) is 2. The topological polar surface area (TPSA) is 98.3 Å². The van der Waals surface area contributed by atoms with Gasteiger partial charge in [0.05, 0.1) is 12.8 Å². The molecule has 3 N–H and O–H groups in total. The van der Waals surface area contributed by atoms with E-state index in [-0.39, 0.29) is 11.7 Å². The van der Waals surface area contributed by atoms with E-state index in [0.717, 1.165) is 0 Å². The van der Waals surface area contributed by atoms with Crippen molar-refractivity contribution in [1.29, 1.82) is 0 Å². The Morgan fingerprint density at radius 2 is 2.46 bits per heavy atom. The molecule has 0 bridgehead atoms. The second-order valence-electron chi connectivity index (χ2n) is 2.28. The zero-order valence-corrected chi connectivity index (χ0v) is 6.97. The molecule has 0 fully saturated rings. The molecule has 0 saturated heterocycles. The second kappa shape index (κ2) is 3.81. The zero-order chi connectivity index (χ0) is 9.84. The van der Waals surface area contributed by atoms with E-state index in [2.05, 4.69) is 9.97 Å². The van der Waals surface area contributed by atoms with Crippen LogP contribution in [-0.2, 0) is 4.79 Å². The molecule has 1 aromatic rings. The van der Waals surface area contributed by atoms with E-state index in [1.165, 1.54) is 19.4 Å². The molecule has 1 rings (SSSR count). The van der Waals surface area contributed by atoms with Gasteiger partial charge in [-0.1, -0.05) is 0 Å². The van der Waals surface area contributed by atoms with Crippen LogP contribution in [0.2, 0.25) is 0 Å². The fraction of sp³-hybridized carbons (Fsp3) is 0.286. The predicted molar refractivity (Wildman–Crippen MR) is 43.1 cm³/mol. The fourth-order valence-corrected chi connectivity index (χ4v) is 0.752. The lowest BCUT2D eigenvalue weighted by Crippen LogP contribution is -2.22. The Bertz CT molecular complexity index is 316. The van der Waals surface area contributed by atoms with Crippen LogP contribution in [0.15, 0.2) is 12.3 Å². The number of carboxylic acid groups (broad SMARTS) is 1. The molecule has 1 atom stereocenters. The molecular weight excluding hydrogens is 174 g/mol. The van der Waals surface area contributed by atoms with Gasteiger partial charge in [-0.2, -0.15) is 4.98 Å². The highest BCUT2D eigenvalue weighted by atomic mass is 16.5. The molecule has 6 heteroatoms. The molecule has 0 aromatic carbocycles. The molecule has 0 saturated carbocycles. The number of methoxy groups -OCH3 is 1. The number of hydrogen-bond donors (Lipinski definition) is 2. The maximum Gasteiger partial charge on any atom is 0.326 e. The number of hydrogen-bond acceptors (Lipinski definition) is 5. The van der Waals surface area contributed by atoms with Gasteiger partial charge in [0.15, 0.2) is 0 Å². The SMILES string of the molecule is COc1nccc(C(N)C(=O)O)n1. The van der Waals surface area contributed by atoms with Crippen LogP contribution in [0.4, 0.5) is 0 Å². The highest BCUT2D eigenvalue weighted by molar-refractivity contribution is 5.74. The van der Waals surface area contributed by atoms with Gasteiger partial charge in [-0.15, -0.1) is 0 Å². The van der Waals surface area contributed by atoms with E-state index < -0.39 is 12.0 Å². The van der Waals surface area contributed by atoms with Crippen molar-refractivity contribution in [1.82, 2.24) is 9.97 Å². The summed E-state index contributed by atoms with van der Waals surface area (Å²) in [5.41, 5.74) is 5.54. The molecule has 70 valence electrons. The monoisotopic (exact) mass is 183 g/mol. The quantitative estimate of drug-likeness (QED) is 0.659. The molecule has 0 aliphatic carbocycles. The summed E-state index contributed by atoms with van der Waals surface area (Å²) in [5.74, 6) is -1.14. The Kier molecular flexibility index (Phi) is 2.76. The lowest BCUT2D eigenvalue weighted by atomic mass is 10.2. The average Bonchev–Trinajstić information content (AvgIpc) is 2.16. The number of ether oxygens (including phenoxy) is 1. The second-order valence-corrected chi connectivity index (χ2v) is 2.28. The van der Waals surface area contributed by atoms with Crippen LogP contribution >= 0.6 is 0 Å². The maximum atomic E-state index is 10.5. The van der Waals surface area contributed by atoms with E-state index in [1.807, 2.05) is 0 Å². The first-order chi connectivity index (χ1) is 6.15. The molecule has 0 aliphatic heterocycles. The van der Waals surface area contributed by atoms with Crippen LogP contribution in [0.3, 0.4) is 0 Å². The van der Waals surface area contributed by atoms with Crippen LogP contribution in [-0.4, -0.2) is 28.2 Å². The van der Waals surface area contributed by atoms with Crippen molar-refractivity contribution in [2.75, 3.05) is 7.11 Å². The molecule has 0 spiro atoms. The van der Waals surface area contributed by atoms with Crippen molar-refractivity contribution in [3.63, 3.8) is 0 Å². The standard InChI is InChI=1S/C7H9N3O3/c1-13-7-9-3-2-4(10-7)5(8)6(11)12/h2-3,5H,8H2,1H3,(H,11,12). The molecule has 6 nitrogen and oxygen atoms in total. The van der Waals surface area contributed by atoms with E-state index >= 15 is 0 Å². The van der Waals surface area contributed by atoms with E-state index in [1.54, 1.807) is 0 Å². The minimum absolute atomic E-state index is 0.106. The van der Waals surface area contributed by atoms with Crippen LogP contribution in [0.5, 0.6) is 6.01 Å². The lowest BCUT2D eigenvalue weighted by molar-refractivity contribution is -0.138. The third-order valence-corrected chi connectivity index (χ3v) is 1.42. The van der Waals surface area contributed by atoms with E-state index in [9.17, 15) is 4.79 Å². The molecule has 13 heavy (non-hydrogen) atoms. The molecule has 1 heterocycles. The van der Waals surface area contributed by atoms with E-state index in [0.29, 0.717) is 0 Å². The van der Waals surface area contributed by atoms with Crippen LogP contribution in [0, 0.1) is 0 Å². The average molecular weight is 183 g/mol. The Balaban J connectivity index is 2.94. The Labute approximate surface area is 74.4 Å². The van der Waals surface area contributed by atoms with Gasteiger partial charge in [0.2, 0.25) is 0 Å². The van der Waals surface area contributed by atoms with Gasteiger partial charge in [0, 0.05) is 6.20 Å². The third-order valence-electron chi connectivity index (χ3n) is 1.42. The summed E-state index contributed by atoms with van der Waals surface area (Å²) in [5, 5.41) is 8.57. The number of carboxylic acids is 1. The van der Waals surface area contributed by atoms with Crippen molar-refractivity contribution in [3.05, 3.63) is 18.0 Å². The molecule has 1 unspecified atom stereocenters. The molecular formula is C7H9N3O3. The van der Waals surface area contributed by atoms with Crippen molar-refractivity contribution >= 4 is 5.97 Å². The van der Waals surface area contributed by atoms with Crippen LogP contribution < -0.4 is 10.5 Å². The molecule has 0 radical (unpaired) electrons. The van der Waals surface area contributed by atoms with Gasteiger partial charge in [0.1, 0.15) is 6.04 Å². The van der Waals surface area contributed by atoms with Gasteiger partial charge in [0.25, 0.3) is 0 Å². The van der Waals surface area contributed by atoms with Crippen LogP contribution in [0.1, 0.15) is 11.7 Å². The van der Waals surface area contributed by atoms with Gasteiger partial charge in [-0.25, -0.2) is 4.98 Å². The number of carbonyl (C=O) groups is 1. The Hall–Kier alpha value is -1.69. The maximum absolute atomic E-state index is 10.5. The summed E-state index contributed by atoms with van der Waals surface area (Å²) in [6.07, 6.45) is 1.39. The summed E-state index contributed by atoms with van der Waals surface area (Å²) in [6, 6.07) is 0.396. The molecule has 1 aromatic heterocycles. The summed E-state index contributed by atoms with van der Waals surface area (Å²) >= 11 is 0. The Morgan fingerprint density at radius 1 is 1.77 bits per heavy atom. The van der Waals surface area contributed by atoms with Gasteiger partial charge >= 0.3 is 12.0 Å². The van der Waals surface area contributed by atoms with Crippen molar-refractivity contribution < 1.29 is 14.6 Å². The highest BCUT2D eigenvalue weighted by Crippen LogP contribution is 2.09. The largest absolute Gasteiger partial charge is 0.480 e. The summed E-state index contributed by atoms with van der Waals surface area (Å²) in [6.45, 7) is 0. The number of aromatic nitrogens is 2. The number of nitrogens with two attached hydrogens (primary N) is 1. The first-order valence-electron chi connectivity index (χ1n) is 3.50. The summed E-state index contributed by atoms with van der Waals surface area (Å²) in [4.78, 5) is 18.0. The van der Waals surface area contributed by atoms with Gasteiger partial charge in [-0.3, -0.25) is 4.79 Å². The normalized spacial score (nSPS) is 12.2. The Morgan fingerprint density at radius 3 is 3.00 bits per heavy atom. The molecule has 0 amide bonds. The molecule has 0 aliphatic rings. The van der Waals surface area contributed by atoms with Crippen molar-refractivity contribution in [3.8, 4) is 6.01 Å². The lowest BCUT2D eigenvalue weighted by Gasteiger charge is -2.05. The summed E-state index contributed by atoms with van der Waals surface area (Å²) < 4.78 is 4.71. The zero-order valence-electron chi connectivity index (χ0n) is 6.97. The van der Waals surface area contributed by atoms with Crippen molar-refractivity contribution in [2.24, 2.45) is 5.73 Å². The van der Waals surface area contributed by atoms with Gasteiger partial charge in [-0.05, 0) is 6.07 Å². The first-order valence-corrected chi connectivity index (χ1v) is 3.50. The minimum Gasteiger partial charge on any atom is -0.480 e. The van der Waals surface area contributed by atoms with Crippen molar-refractivity contribution in [2.45, 2.75) is 6.04 Å². The summed E-state index contributed by atoms with van der Waals surface area (Å²) in [7, 11) is 1.39. The van der Waals surface area contributed by atoms with Crippen LogP contribution in [0.25, 0.3) is 0 Å². The smallest absolute Gasteiger partial charge is 0.326 e. The minimum atomic E-state index is -1.14. The van der Waals surface area contributed by atoms with Gasteiger partial charge < -0.3 is 15.6 Å².